The maximum Gasteiger partial charge on any atom is 0.243 e. The lowest BCUT2D eigenvalue weighted by atomic mass is 10.2. The zero-order valence-corrected chi connectivity index (χ0v) is 19.3. The molecule has 1 fully saturated rings. The second-order valence-corrected chi connectivity index (χ2v) is 10.4. The van der Waals surface area contributed by atoms with Crippen LogP contribution in [0.4, 0.5) is 0 Å². The van der Waals surface area contributed by atoms with E-state index in [2.05, 4.69) is 4.98 Å². The van der Waals surface area contributed by atoms with E-state index in [0.717, 1.165) is 11.1 Å². The number of rotatable bonds is 8. The molecule has 9 heteroatoms. The lowest BCUT2D eigenvalue weighted by molar-refractivity contribution is -0.120. The summed E-state index contributed by atoms with van der Waals surface area (Å²) in [7, 11) is -3.53. The van der Waals surface area contributed by atoms with Crippen LogP contribution in [0, 0.1) is 6.92 Å². The van der Waals surface area contributed by atoms with Crippen LogP contribution in [-0.4, -0.2) is 56.4 Å². The second kappa shape index (κ2) is 9.91. The summed E-state index contributed by atoms with van der Waals surface area (Å²) < 4.78 is 37.7. The Morgan fingerprint density at radius 2 is 1.78 bits per heavy atom. The van der Waals surface area contributed by atoms with Crippen molar-refractivity contribution in [3.63, 3.8) is 0 Å². The SMILES string of the molecule is Cc1ccc(OCC(=O)Cc2nc(-c3ccc(S(=O)(=O)N4CCOCC4)cc3)cs2)cc1. The molecule has 0 N–H and O–H groups in total. The maximum absolute atomic E-state index is 12.7. The fraction of sp³-hybridized carbons (Fsp3) is 0.304. The first kappa shape index (κ1) is 22.6. The summed E-state index contributed by atoms with van der Waals surface area (Å²) >= 11 is 1.40. The Bertz CT molecular complexity index is 1170. The van der Waals surface area contributed by atoms with E-state index in [0.29, 0.717) is 42.8 Å². The van der Waals surface area contributed by atoms with Crippen molar-refractivity contribution in [1.82, 2.24) is 9.29 Å². The fourth-order valence-electron chi connectivity index (χ4n) is 3.28. The standard InChI is InChI=1S/C23H24N2O5S2/c1-17-2-6-20(7-3-17)30-15-19(26)14-23-24-22(16-31-23)18-4-8-21(9-5-18)32(27,28)25-10-12-29-13-11-25/h2-9,16H,10-15H2,1H3. The minimum atomic E-state index is -3.53. The molecule has 0 bridgehead atoms. The number of aromatic nitrogens is 1. The molecular formula is C23H24N2O5S2. The van der Waals surface area contributed by atoms with Crippen LogP contribution in [0.15, 0.2) is 58.8 Å². The number of Topliss-reactive ketones (excluding diaryl/α,β-unsaturated/α-hetero) is 1. The molecule has 0 radical (unpaired) electrons. The van der Waals surface area contributed by atoms with Crippen molar-refractivity contribution in [2.45, 2.75) is 18.2 Å². The van der Waals surface area contributed by atoms with Gasteiger partial charge in [-0.2, -0.15) is 4.31 Å². The van der Waals surface area contributed by atoms with Crippen LogP contribution < -0.4 is 4.74 Å². The van der Waals surface area contributed by atoms with Crippen molar-refractivity contribution in [2.24, 2.45) is 0 Å². The summed E-state index contributed by atoms with van der Waals surface area (Å²) in [5.41, 5.74) is 2.65. The molecule has 7 nitrogen and oxygen atoms in total. The van der Waals surface area contributed by atoms with Gasteiger partial charge in [-0.05, 0) is 31.2 Å². The molecule has 0 atom stereocenters. The highest BCUT2D eigenvalue weighted by molar-refractivity contribution is 7.89. The number of carbonyl (C=O) groups excluding carboxylic acids is 1. The number of thiazole rings is 1. The van der Waals surface area contributed by atoms with Crippen molar-refractivity contribution in [1.29, 1.82) is 0 Å². The zero-order chi connectivity index (χ0) is 22.6. The average molecular weight is 473 g/mol. The van der Waals surface area contributed by atoms with Gasteiger partial charge in [0.25, 0.3) is 0 Å². The minimum Gasteiger partial charge on any atom is -0.486 e. The van der Waals surface area contributed by atoms with Gasteiger partial charge in [0.1, 0.15) is 17.4 Å². The van der Waals surface area contributed by atoms with Crippen LogP contribution in [0.25, 0.3) is 11.3 Å². The van der Waals surface area contributed by atoms with Gasteiger partial charge in [-0.1, -0.05) is 29.8 Å². The normalized spacial score (nSPS) is 14.9. The highest BCUT2D eigenvalue weighted by Crippen LogP contribution is 2.25. The summed E-state index contributed by atoms with van der Waals surface area (Å²) in [5, 5.41) is 2.57. The van der Waals surface area contributed by atoms with Gasteiger partial charge in [0.2, 0.25) is 10.0 Å². The Morgan fingerprint density at radius 1 is 1.09 bits per heavy atom. The molecule has 168 valence electrons. The molecule has 0 amide bonds. The molecule has 1 aromatic heterocycles. The van der Waals surface area contributed by atoms with Crippen LogP contribution in [-0.2, 0) is 26.0 Å². The topological polar surface area (TPSA) is 85.8 Å². The third kappa shape index (κ3) is 5.42. The third-order valence-corrected chi connectivity index (χ3v) is 7.84. The van der Waals surface area contributed by atoms with Crippen molar-refractivity contribution < 1.29 is 22.7 Å². The molecule has 3 aromatic rings. The Kier molecular flexibility index (Phi) is 7.00. The third-order valence-electron chi connectivity index (χ3n) is 5.08. The van der Waals surface area contributed by atoms with E-state index in [1.54, 1.807) is 24.3 Å². The average Bonchev–Trinajstić information content (AvgIpc) is 3.28. The summed E-state index contributed by atoms with van der Waals surface area (Å²) in [6.45, 7) is 3.53. The highest BCUT2D eigenvalue weighted by Gasteiger charge is 2.26. The lowest BCUT2D eigenvalue weighted by Crippen LogP contribution is -2.40. The second-order valence-electron chi connectivity index (χ2n) is 7.48. The molecule has 1 aliphatic rings. The van der Waals surface area contributed by atoms with Crippen LogP contribution in [0.2, 0.25) is 0 Å². The van der Waals surface area contributed by atoms with E-state index in [-0.39, 0.29) is 23.7 Å². The molecule has 0 aliphatic carbocycles. The number of hydrogen-bond acceptors (Lipinski definition) is 7. The summed E-state index contributed by atoms with van der Waals surface area (Å²) in [6.07, 6.45) is 0.194. The summed E-state index contributed by atoms with van der Waals surface area (Å²) in [5.74, 6) is 0.606. The van der Waals surface area contributed by atoms with Crippen LogP contribution in [0.5, 0.6) is 5.75 Å². The molecule has 4 rings (SSSR count). The van der Waals surface area contributed by atoms with E-state index in [1.165, 1.54) is 15.6 Å². The molecule has 0 spiro atoms. The number of sulfonamides is 1. The predicted octanol–water partition coefficient (Wildman–Crippen LogP) is 3.33. The first-order chi connectivity index (χ1) is 15.4. The Balaban J connectivity index is 1.36. The molecule has 1 saturated heterocycles. The molecular weight excluding hydrogens is 448 g/mol. The van der Waals surface area contributed by atoms with Crippen LogP contribution in [0.3, 0.4) is 0 Å². The van der Waals surface area contributed by atoms with Gasteiger partial charge in [-0.3, -0.25) is 4.79 Å². The quantitative estimate of drug-likeness (QED) is 0.500. The fourth-order valence-corrected chi connectivity index (χ4v) is 5.52. The molecule has 1 aliphatic heterocycles. The lowest BCUT2D eigenvalue weighted by Gasteiger charge is -2.26. The van der Waals surface area contributed by atoms with Gasteiger partial charge in [0.05, 0.1) is 30.2 Å². The molecule has 2 heterocycles. The smallest absolute Gasteiger partial charge is 0.243 e. The van der Waals surface area contributed by atoms with Gasteiger partial charge in [0.15, 0.2) is 5.78 Å². The zero-order valence-electron chi connectivity index (χ0n) is 17.7. The number of ether oxygens (including phenoxy) is 2. The molecule has 0 saturated carbocycles. The largest absolute Gasteiger partial charge is 0.486 e. The highest BCUT2D eigenvalue weighted by atomic mass is 32.2. The minimum absolute atomic E-state index is 0.00787. The molecule has 0 unspecified atom stereocenters. The number of ketones is 1. The predicted molar refractivity (Wildman–Crippen MR) is 123 cm³/mol. The van der Waals surface area contributed by atoms with Gasteiger partial charge >= 0.3 is 0 Å². The van der Waals surface area contributed by atoms with Crippen molar-refractivity contribution in [2.75, 3.05) is 32.9 Å². The Hall–Kier alpha value is -2.59. The first-order valence-corrected chi connectivity index (χ1v) is 12.6. The number of morpholine rings is 1. The van der Waals surface area contributed by atoms with Crippen molar-refractivity contribution in [3.05, 3.63) is 64.5 Å². The van der Waals surface area contributed by atoms with E-state index >= 15 is 0 Å². The Morgan fingerprint density at radius 3 is 2.47 bits per heavy atom. The number of nitrogens with zero attached hydrogens (tertiary/aromatic N) is 2. The van der Waals surface area contributed by atoms with E-state index < -0.39 is 10.0 Å². The summed E-state index contributed by atoms with van der Waals surface area (Å²) in [6, 6.07) is 14.2. The molecule has 2 aromatic carbocycles. The van der Waals surface area contributed by atoms with Gasteiger partial charge in [-0.25, -0.2) is 13.4 Å². The van der Waals surface area contributed by atoms with Crippen molar-refractivity contribution in [3.8, 4) is 17.0 Å². The van der Waals surface area contributed by atoms with Gasteiger partial charge in [-0.15, -0.1) is 11.3 Å². The van der Waals surface area contributed by atoms with E-state index in [4.69, 9.17) is 9.47 Å². The maximum atomic E-state index is 12.7. The monoisotopic (exact) mass is 472 g/mol. The van der Waals surface area contributed by atoms with Gasteiger partial charge < -0.3 is 9.47 Å². The first-order valence-electron chi connectivity index (χ1n) is 10.3. The van der Waals surface area contributed by atoms with Crippen LogP contribution >= 0.6 is 11.3 Å². The number of hydrogen-bond donors (Lipinski definition) is 0. The molecule has 32 heavy (non-hydrogen) atoms. The van der Waals surface area contributed by atoms with E-state index in [9.17, 15) is 13.2 Å². The van der Waals surface area contributed by atoms with E-state index in [1.807, 2.05) is 36.6 Å². The number of carbonyl (C=O) groups is 1. The number of aryl methyl sites for hydroxylation is 1. The van der Waals surface area contributed by atoms with Crippen molar-refractivity contribution >= 4 is 27.1 Å². The number of benzene rings is 2. The van der Waals surface area contributed by atoms with Gasteiger partial charge in [0, 0.05) is 24.0 Å². The summed E-state index contributed by atoms with van der Waals surface area (Å²) in [4.78, 5) is 17.1. The van der Waals surface area contributed by atoms with Crippen LogP contribution in [0.1, 0.15) is 10.6 Å². The Labute approximate surface area is 191 Å².